The maximum atomic E-state index is 13.4. The van der Waals surface area contributed by atoms with Gasteiger partial charge in [0.15, 0.2) is 11.5 Å². The standard InChI is InChI=1S/C31H36N2O5/c1-18-7-6-8-20(15-18)9-12-27(35)33(4)23-11-10-22-24-16-21-25(37-19(2)34)17-26(36-5)29-28(21)31(22,30(23)38-29)13-14-32(24)3/h6-9,12,15,17,22-24,30H,10-11,13-14,16H2,1-5H3/t22-,23+,24+,30-,31-/m0/s1. The van der Waals surface area contributed by atoms with E-state index in [1.807, 2.05) is 43.1 Å². The van der Waals surface area contributed by atoms with E-state index in [2.05, 4.69) is 18.0 Å². The number of rotatable bonds is 5. The quantitative estimate of drug-likeness (QED) is 0.338. The minimum Gasteiger partial charge on any atom is -0.493 e. The van der Waals surface area contributed by atoms with Gasteiger partial charge in [-0.1, -0.05) is 29.8 Å². The second kappa shape index (κ2) is 9.16. The molecule has 6 rings (SSSR count). The number of likely N-dealkylation sites (tertiary alicyclic amines) is 1. The van der Waals surface area contributed by atoms with Crippen LogP contribution in [0.5, 0.6) is 17.2 Å². The van der Waals surface area contributed by atoms with Crippen molar-refractivity contribution in [3.05, 3.63) is 58.7 Å². The normalized spacial score (nSPS) is 29.0. The van der Waals surface area contributed by atoms with Gasteiger partial charge in [-0.05, 0) is 63.8 Å². The van der Waals surface area contributed by atoms with E-state index in [1.165, 1.54) is 6.92 Å². The molecule has 7 nitrogen and oxygen atoms in total. The van der Waals surface area contributed by atoms with Gasteiger partial charge in [0.1, 0.15) is 11.9 Å². The van der Waals surface area contributed by atoms with Crippen molar-refractivity contribution in [2.45, 2.75) is 63.1 Å². The van der Waals surface area contributed by atoms with Gasteiger partial charge < -0.3 is 24.0 Å². The molecule has 2 bridgehead atoms. The predicted octanol–water partition coefficient (Wildman–Crippen LogP) is 4.14. The summed E-state index contributed by atoms with van der Waals surface area (Å²) < 4.78 is 18.4. The number of piperidine rings is 1. The van der Waals surface area contributed by atoms with E-state index < -0.39 is 0 Å². The minimum absolute atomic E-state index is 0.0287. The van der Waals surface area contributed by atoms with Gasteiger partial charge in [0.25, 0.3) is 0 Å². The molecule has 38 heavy (non-hydrogen) atoms. The van der Waals surface area contributed by atoms with Gasteiger partial charge in [-0.25, -0.2) is 0 Å². The summed E-state index contributed by atoms with van der Waals surface area (Å²) in [6, 6.07) is 10.2. The zero-order chi connectivity index (χ0) is 26.8. The van der Waals surface area contributed by atoms with Gasteiger partial charge in [0, 0.05) is 48.7 Å². The monoisotopic (exact) mass is 516 g/mol. The lowest BCUT2D eigenvalue weighted by atomic mass is 9.51. The first-order chi connectivity index (χ1) is 18.2. The zero-order valence-electron chi connectivity index (χ0n) is 22.8. The molecule has 2 heterocycles. The fraction of sp³-hybridized carbons (Fsp3) is 0.484. The second-order valence-corrected chi connectivity index (χ2v) is 11.4. The molecule has 1 amide bonds. The Kier molecular flexibility index (Phi) is 6.02. The van der Waals surface area contributed by atoms with E-state index in [4.69, 9.17) is 14.2 Å². The molecule has 200 valence electrons. The number of carbonyl (C=O) groups excluding carboxylic acids is 2. The lowest BCUT2D eigenvalue weighted by Gasteiger charge is -2.59. The van der Waals surface area contributed by atoms with Crippen molar-refractivity contribution >= 4 is 18.0 Å². The third kappa shape index (κ3) is 3.66. The number of methoxy groups -OCH3 is 1. The van der Waals surface area contributed by atoms with Crippen molar-refractivity contribution < 1.29 is 23.8 Å². The largest absolute Gasteiger partial charge is 0.493 e. The molecule has 2 aromatic carbocycles. The van der Waals surface area contributed by atoms with Crippen LogP contribution >= 0.6 is 0 Å². The van der Waals surface area contributed by atoms with Gasteiger partial charge >= 0.3 is 5.97 Å². The summed E-state index contributed by atoms with van der Waals surface area (Å²) in [5, 5.41) is 0. The van der Waals surface area contributed by atoms with Crippen LogP contribution in [0.2, 0.25) is 0 Å². The van der Waals surface area contributed by atoms with Crippen molar-refractivity contribution in [1.29, 1.82) is 0 Å². The lowest BCUT2D eigenvalue weighted by molar-refractivity contribution is -0.135. The van der Waals surface area contributed by atoms with E-state index in [0.29, 0.717) is 23.5 Å². The minimum atomic E-state index is -0.343. The Hall–Kier alpha value is -3.32. The summed E-state index contributed by atoms with van der Waals surface area (Å²) in [4.78, 5) is 29.8. The van der Waals surface area contributed by atoms with Gasteiger partial charge in [-0.2, -0.15) is 0 Å². The van der Waals surface area contributed by atoms with Crippen molar-refractivity contribution in [2.24, 2.45) is 5.92 Å². The number of hydrogen-bond acceptors (Lipinski definition) is 6. The van der Waals surface area contributed by atoms with E-state index in [0.717, 1.165) is 60.2 Å². The molecule has 1 saturated carbocycles. The summed E-state index contributed by atoms with van der Waals surface area (Å²) in [6.45, 7) is 4.44. The van der Waals surface area contributed by atoms with Gasteiger partial charge in [0.05, 0.1) is 13.2 Å². The van der Waals surface area contributed by atoms with Crippen LogP contribution in [0.1, 0.15) is 48.4 Å². The van der Waals surface area contributed by atoms with Crippen LogP contribution in [0, 0.1) is 12.8 Å². The van der Waals surface area contributed by atoms with Crippen LogP contribution < -0.4 is 14.2 Å². The fourth-order valence-corrected chi connectivity index (χ4v) is 7.77. The maximum Gasteiger partial charge on any atom is 0.308 e. The van der Waals surface area contributed by atoms with Crippen molar-refractivity contribution in [1.82, 2.24) is 9.80 Å². The van der Waals surface area contributed by atoms with Gasteiger partial charge in [-0.15, -0.1) is 0 Å². The number of esters is 1. The highest BCUT2D eigenvalue weighted by Crippen LogP contribution is 2.65. The molecule has 0 radical (unpaired) electrons. The van der Waals surface area contributed by atoms with Crippen LogP contribution in [0.25, 0.3) is 6.08 Å². The highest BCUT2D eigenvalue weighted by atomic mass is 16.5. The number of aryl methyl sites for hydroxylation is 1. The summed E-state index contributed by atoms with van der Waals surface area (Å²) in [5.41, 5.74) is 4.13. The summed E-state index contributed by atoms with van der Waals surface area (Å²) in [7, 11) is 5.72. The fourth-order valence-electron chi connectivity index (χ4n) is 7.77. The van der Waals surface area contributed by atoms with Crippen LogP contribution in [0.4, 0.5) is 0 Å². The third-order valence-electron chi connectivity index (χ3n) is 9.42. The predicted molar refractivity (Wildman–Crippen MR) is 145 cm³/mol. The molecule has 0 N–H and O–H groups in total. The SMILES string of the molecule is COc1cc(OC(C)=O)c2c3c1O[C@H]1[C@H](N(C)C(=O)C=Cc4cccc(C)c4)CC[C@H]4[C@@H](C2)N(C)CC[C@@]341. The molecule has 4 aliphatic rings. The average Bonchev–Trinajstić information content (AvgIpc) is 3.24. The third-order valence-corrected chi connectivity index (χ3v) is 9.42. The molecule has 2 aliphatic carbocycles. The van der Waals surface area contributed by atoms with Gasteiger partial charge in [-0.3, -0.25) is 9.59 Å². The summed E-state index contributed by atoms with van der Waals surface area (Å²) in [5.74, 6) is 1.96. The first-order valence-corrected chi connectivity index (χ1v) is 13.6. The lowest BCUT2D eigenvalue weighted by Crippen LogP contribution is -2.68. The number of ether oxygens (including phenoxy) is 3. The Morgan fingerprint density at radius 3 is 2.76 bits per heavy atom. The van der Waals surface area contributed by atoms with E-state index in [1.54, 1.807) is 19.3 Å². The molecule has 2 fully saturated rings. The maximum absolute atomic E-state index is 13.4. The second-order valence-electron chi connectivity index (χ2n) is 11.4. The topological polar surface area (TPSA) is 68.3 Å². The Balaban J connectivity index is 1.40. The van der Waals surface area contributed by atoms with Crippen molar-refractivity contribution in [2.75, 3.05) is 27.7 Å². The Labute approximate surface area is 224 Å². The Bertz CT molecular complexity index is 1340. The zero-order valence-corrected chi connectivity index (χ0v) is 22.8. The molecule has 5 atom stereocenters. The molecule has 0 unspecified atom stereocenters. The summed E-state index contributed by atoms with van der Waals surface area (Å²) in [6.07, 6.45) is 7.01. The van der Waals surface area contributed by atoms with Crippen molar-refractivity contribution in [3.8, 4) is 17.2 Å². The van der Waals surface area contributed by atoms with Crippen LogP contribution in [-0.4, -0.2) is 67.6 Å². The molecular weight excluding hydrogens is 480 g/mol. The number of nitrogens with zero attached hydrogens (tertiary/aromatic N) is 2. The molecule has 7 heteroatoms. The molecular formula is C31H36N2O5. The van der Waals surface area contributed by atoms with Crippen molar-refractivity contribution in [3.63, 3.8) is 0 Å². The highest BCUT2D eigenvalue weighted by molar-refractivity contribution is 5.92. The average molecular weight is 517 g/mol. The smallest absolute Gasteiger partial charge is 0.308 e. The van der Waals surface area contributed by atoms with E-state index in [9.17, 15) is 9.59 Å². The number of likely N-dealkylation sites (N-methyl/N-ethyl adjacent to an activating group) is 2. The Morgan fingerprint density at radius 2 is 2.03 bits per heavy atom. The molecule has 1 spiro atoms. The Morgan fingerprint density at radius 1 is 1.21 bits per heavy atom. The molecule has 2 aromatic rings. The molecule has 1 saturated heterocycles. The summed E-state index contributed by atoms with van der Waals surface area (Å²) >= 11 is 0. The number of carbonyl (C=O) groups is 2. The van der Waals surface area contributed by atoms with E-state index in [-0.39, 0.29) is 29.4 Å². The highest BCUT2D eigenvalue weighted by Gasteiger charge is 2.66. The van der Waals surface area contributed by atoms with Crippen LogP contribution in [0.15, 0.2) is 36.4 Å². The molecule has 0 aromatic heterocycles. The van der Waals surface area contributed by atoms with Gasteiger partial charge in [0.2, 0.25) is 5.91 Å². The number of hydrogen-bond donors (Lipinski definition) is 0. The van der Waals surface area contributed by atoms with E-state index >= 15 is 0 Å². The number of benzene rings is 2. The van der Waals surface area contributed by atoms with Crippen LogP contribution in [0.3, 0.4) is 0 Å². The van der Waals surface area contributed by atoms with Crippen LogP contribution in [-0.2, 0) is 21.4 Å². The molecule has 2 aliphatic heterocycles. The first-order valence-electron chi connectivity index (χ1n) is 13.6. The first kappa shape index (κ1) is 25.0. The number of amides is 1.